The third-order valence-electron chi connectivity index (χ3n) is 6.82. The molecule has 0 aromatic rings. The first-order chi connectivity index (χ1) is 16.8. The summed E-state index contributed by atoms with van der Waals surface area (Å²) in [5.74, 6) is -0.170. The Hall–Kier alpha value is -1.18. The largest absolute Gasteiger partial charge is 0.303 e. The lowest BCUT2D eigenvalue weighted by molar-refractivity contribution is -0.127. The molecule has 0 aromatic carbocycles. The molecule has 0 fully saturated rings. The van der Waals surface area contributed by atoms with Crippen LogP contribution in [0.1, 0.15) is 162 Å². The van der Waals surface area contributed by atoms with E-state index in [1.165, 1.54) is 96.3 Å². The van der Waals surface area contributed by atoms with Crippen LogP contribution in [-0.2, 0) is 9.59 Å². The van der Waals surface area contributed by atoms with Gasteiger partial charge < -0.3 is 4.79 Å². The SMILES string of the molecule is CCCCC/C=C\C/C=C\CCCCCCCC(=O)C(C=O)CCCCCCCCCCCC. The van der Waals surface area contributed by atoms with Crippen molar-refractivity contribution in [2.45, 2.75) is 162 Å². The molecule has 0 saturated carbocycles. The molecule has 1 unspecified atom stereocenters. The zero-order valence-electron chi connectivity index (χ0n) is 23.0. The normalized spacial score (nSPS) is 12.6. The van der Waals surface area contributed by atoms with E-state index in [2.05, 4.69) is 38.2 Å². The molecule has 0 heterocycles. The van der Waals surface area contributed by atoms with Crippen LogP contribution in [-0.4, -0.2) is 12.1 Å². The monoisotopic (exact) mass is 474 g/mol. The second-order valence-electron chi connectivity index (χ2n) is 10.2. The maximum Gasteiger partial charge on any atom is 0.143 e. The molecule has 0 spiro atoms. The number of allylic oxidation sites excluding steroid dienone is 4. The number of carbonyl (C=O) groups excluding carboxylic acids is 2. The fourth-order valence-corrected chi connectivity index (χ4v) is 4.45. The van der Waals surface area contributed by atoms with Crippen molar-refractivity contribution in [1.29, 1.82) is 0 Å². The lowest BCUT2D eigenvalue weighted by atomic mass is 9.94. The molecule has 0 rings (SSSR count). The molecule has 0 bridgehead atoms. The third-order valence-corrected chi connectivity index (χ3v) is 6.82. The average molecular weight is 475 g/mol. The molecule has 1 atom stereocenters. The van der Waals surface area contributed by atoms with E-state index in [9.17, 15) is 9.59 Å². The van der Waals surface area contributed by atoms with Gasteiger partial charge in [-0.05, 0) is 44.9 Å². The minimum atomic E-state index is -0.347. The second kappa shape index (κ2) is 28.1. The summed E-state index contributed by atoms with van der Waals surface area (Å²) >= 11 is 0. The highest BCUT2D eigenvalue weighted by Crippen LogP contribution is 2.16. The van der Waals surface area contributed by atoms with Crippen LogP contribution in [0.4, 0.5) is 0 Å². The van der Waals surface area contributed by atoms with Crippen molar-refractivity contribution in [2.24, 2.45) is 5.92 Å². The molecule has 0 N–H and O–H groups in total. The first-order valence-electron chi connectivity index (χ1n) is 15.0. The van der Waals surface area contributed by atoms with Crippen molar-refractivity contribution < 1.29 is 9.59 Å². The summed E-state index contributed by atoms with van der Waals surface area (Å²) in [7, 11) is 0. The van der Waals surface area contributed by atoms with Gasteiger partial charge in [0.1, 0.15) is 12.1 Å². The van der Waals surface area contributed by atoms with Gasteiger partial charge in [-0.1, -0.05) is 134 Å². The molecule has 0 aliphatic rings. The van der Waals surface area contributed by atoms with Crippen molar-refractivity contribution >= 4 is 12.1 Å². The topological polar surface area (TPSA) is 34.1 Å². The van der Waals surface area contributed by atoms with Gasteiger partial charge in [0.15, 0.2) is 0 Å². The van der Waals surface area contributed by atoms with Crippen molar-refractivity contribution in [3.8, 4) is 0 Å². The van der Waals surface area contributed by atoms with Crippen LogP contribution in [0.2, 0.25) is 0 Å². The Morgan fingerprint density at radius 3 is 1.56 bits per heavy atom. The molecular weight excluding hydrogens is 416 g/mol. The third kappa shape index (κ3) is 24.0. The first kappa shape index (κ1) is 32.8. The molecule has 0 aliphatic heterocycles. The molecular formula is C32H58O2. The Balaban J connectivity index is 3.53. The van der Waals surface area contributed by atoms with Crippen molar-refractivity contribution in [3.05, 3.63) is 24.3 Å². The van der Waals surface area contributed by atoms with Gasteiger partial charge in [0.25, 0.3) is 0 Å². The van der Waals surface area contributed by atoms with E-state index in [-0.39, 0.29) is 11.7 Å². The minimum absolute atomic E-state index is 0.177. The zero-order chi connectivity index (χ0) is 25.0. The van der Waals surface area contributed by atoms with E-state index in [0.717, 1.165) is 51.2 Å². The van der Waals surface area contributed by atoms with E-state index >= 15 is 0 Å². The van der Waals surface area contributed by atoms with Gasteiger partial charge >= 0.3 is 0 Å². The van der Waals surface area contributed by atoms with Crippen molar-refractivity contribution in [3.63, 3.8) is 0 Å². The van der Waals surface area contributed by atoms with Crippen molar-refractivity contribution in [1.82, 2.24) is 0 Å². The van der Waals surface area contributed by atoms with E-state index in [1.807, 2.05) is 0 Å². The number of rotatable bonds is 27. The standard InChI is InChI=1S/C32H58O2/c1-3-5-7-9-11-13-15-16-17-18-19-21-23-25-27-29-32(34)31(30-33)28-26-24-22-20-14-12-10-8-6-4-2/h11,13,16-17,30-31H,3-10,12,14-15,18-29H2,1-2H3/b13-11-,17-16-. The fraction of sp³-hybridized carbons (Fsp3) is 0.812. The van der Waals surface area contributed by atoms with Crippen LogP contribution >= 0.6 is 0 Å². The summed E-state index contributed by atoms with van der Waals surface area (Å²) in [4.78, 5) is 23.7. The maximum atomic E-state index is 12.4. The number of unbranched alkanes of at least 4 members (excludes halogenated alkanes) is 17. The Morgan fingerprint density at radius 1 is 0.559 bits per heavy atom. The number of hydrogen-bond donors (Lipinski definition) is 0. The number of hydrogen-bond acceptors (Lipinski definition) is 2. The van der Waals surface area contributed by atoms with Gasteiger partial charge in [0.05, 0.1) is 5.92 Å². The number of carbonyl (C=O) groups is 2. The first-order valence-corrected chi connectivity index (χ1v) is 15.0. The van der Waals surface area contributed by atoms with Gasteiger partial charge in [-0.2, -0.15) is 0 Å². The molecule has 198 valence electrons. The summed E-state index contributed by atoms with van der Waals surface area (Å²) in [5, 5.41) is 0. The summed E-state index contributed by atoms with van der Waals surface area (Å²) in [6.07, 6.45) is 37.4. The van der Waals surface area contributed by atoms with Crippen LogP contribution in [0.25, 0.3) is 0 Å². The van der Waals surface area contributed by atoms with Gasteiger partial charge in [0, 0.05) is 6.42 Å². The van der Waals surface area contributed by atoms with Crippen LogP contribution in [0.5, 0.6) is 0 Å². The second-order valence-corrected chi connectivity index (χ2v) is 10.2. The molecule has 34 heavy (non-hydrogen) atoms. The summed E-state index contributed by atoms with van der Waals surface area (Å²) in [6.45, 7) is 4.50. The Labute approximate surface area is 213 Å². The number of Topliss-reactive ketones (excluding diaryl/α,β-unsaturated/α-hetero) is 1. The maximum absolute atomic E-state index is 12.4. The smallest absolute Gasteiger partial charge is 0.143 e. The molecule has 2 nitrogen and oxygen atoms in total. The Bertz CT molecular complexity index is 491. The number of aldehydes is 1. The molecule has 0 radical (unpaired) electrons. The molecule has 0 amide bonds. The van der Waals surface area contributed by atoms with E-state index in [4.69, 9.17) is 0 Å². The van der Waals surface area contributed by atoms with Crippen LogP contribution in [0, 0.1) is 5.92 Å². The van der Waals surface area contributed by atoms with Crippen LogP contribution in [0.15, 0.2) is 24.3 Å². The van der Waals surface area contributed by atoms with Gasteiger partial charge in [-0.3, -0.25) is 4.79 Å². The highest BCUT2D eigenvalue weighted by Gasteiger charge is 2.16. The molecule has 0 saturated heterocycles. The van der Waals surface area contributed by atoms with Crippen molar-refractivity contribution in [2.75, 3.05) is 0 Å². The lowest BCUT2D eigenvalue weighted by Gasteiger charge is -2.09. The van der Waals surface area contributed by atoms with E-state index in [1.54, 1.807) is 0 Å². The van der Waals surface area contributed by atoms with E-state index in [0.29, 0.717) is 6.42 Å². The highest BCUT2D eigenvalue weighted by atomic mass is 16.1. The Morgan fingerprint density at radius 2 is 1.00 bits per heavy atom. The Kier molecular flexibility index (Phi) is 27.1. The summed E-state index contributed by atoms with van der Waals surface area (Å²) in [5.41, 5.74) is 0. The zero-order valence-corrected chi connectivity index (χ0v) is 23.0. The van der Waals surface area contributed by atoms with Crippen LogP contribution < -0.4 is 0 Å². The highest BCUT2D eigenvalue weighted by molar-refractivity contribution is 5.93. The minimum Gasteiger partial charge on any atom is -0.303 e. The average Bonchev–Trinajstić information content (AvgIpc) is 2.85. The molecule has 0 aliphatic carbocycles. The summed E-state index contributed by atoms with van der Waals surface area (Å²) < 4.78 is 0. The fourth-order valence-electron chi connectivity index (χ4n) is 4.45. The molecule has 0 aromatic heterocycles. The number of ketones is 1. The quantitative estimate of drug-likeness (QED) is 0.0513. The lowest BCUT2D eigenvalue weighted by Crippen LogP contribution is -2.15. The predicted molar refractivity (Wildman–Crippen MR) is 150 cm³/mol. The van der Waals surface area contributed by atoms with Gasteiger partial charge in [0.2, 0.25) is 0 Å². The van der Waals surface area contributed by atoms with Gasteiger partial charge in [-0.15, -0.1) is 0 Å². The van der Waals surface area contributed by atoms with Crippen LogP contribution in [0.3, 0.4) is 0 Å². The summed E-state index contributed by atoms with van der Waals surface area (Å²) in [6, 6.07) is 0. The van der Waals surface area contributed by atoms with E-state index < -0.39 is 0 Å². The van der Waals surface area contributed by atoms with Gasteiger partial charge in [-0.25, -0.2) is 0 Å². The molecule has 2 heteroatoms. The predicted octanol–water partition coefficient (Wildman–Crippen LogP) is 10.5.